The highest BCUT2D eigenvalue weighted by molar-refractivity contribution is 7.75. The lowest BCUT2D eigenvalue weighted by Crippen LogP contribution is -2.17. The fraction of sp³-hybridized carbons (Fsp3) is 1.00. The first-order valence-corrected chi connectivity index (χ1v) is 6.07. The van der Waals surface area contributed by atoms with Gasteiger partial charge in [0, 0.05) is 0 Å². The van der Waals surface area contributed by atoms with E-state index in [2.05, 4.69) is 0 Å². The summed E-state index contributed by atoms with van der Waals surface area (Å²) in [5.41, 5.74) is 0. The van der Waals surface area contributed by atoms with Crippen LogP contribution in [0.25, 0.3) is 0 Å². The average Bonchev–Trinajstić information content (AvgIpc) is 2.53. The Morgan fingerprint density at radius 3 is 2.62 bits per heavy atom. The molecule has 76 valence electrons. The van der Waals surface area contributed by atoms with Gasteiger partial charge in [0.2, 0.25) is 0 Å². The van der Waals surface area contributed by atoms with Gasteiger partial charge in [0.1, 0.15) is 6.10 Å². The first-order chi connectivity index (χ1) is 6.34. The van der Waals surface area contributed by atoms with Crippen LogP contribution in [0.3, 0.4) is 0 Å². The highest BCUT2D eigenvalue weighted by Crippen LogP contribution is 2.29. The molecule has 3 nitrogen and oxygen atoms in total. The van der Waals surface area contributed by atoms with Crippen LogP contribution in [0.15, 0.2) is 0 Å². The highest BCUT2D eigenvalue weighted by Gasteiger charge is 2.27. The van der Waals surface area contributed by atoms with E-state index in [0.29, 0.717) is 6.61 Å². The van der Waals surface area contributed by atoms with Crippen LogP contribution in [0.5, 0.6) is 0 Å². The smallest absolute Gasteiger partial charge is 0.266 e. The van der Waals surface area contributed by atoms with Gasteiger partial charge < -0.3 is 0 Å². The van der Waals surface area contributed by atoms with Gasteiger partial charge in [-0.2, -0.15) is 4.21 Å². The van der Waals surface area contributed by atoms with Crippen molar-refractivity contribution in [3.63, 3.8) is 0 Å². The molecule has 2 atom stereocenters. The standard InChI is InChI=1S/C9H16O3S/c10-13-11-7-9(12-13)6-8-4-2-1-3-5-8/h8-9H,1-7H2. The summed E-state index contributed by atoms with van der Waals surface area (Å²) < 4.78 is 20.7. The molecular weight excluding hydrogens is 188 g/mol. The third kappa shape index (κ3) is 2.76. The van der Waals surface area contributed by atoms with Crippen molar-refractivity contribution in [2.75, 3.05) is 6.61 Å². The zero-order valence-corrected chi connectivity index (χ0v) is 8.55. The first-order valence-electron chi connectivity index (χ1n) is 5.07. The Labute approximate surface area is 81.7 Å². The average molecular weight is 204 g/mol. The second kappa shape index (κ2) is 4.53. The lowest BCUT2D eigenvalue weighted by atomic mass is 9.85. The minimum Gasteiger partial charge on any atom is -0.266 e. The Kier molecular flexibility index (Phi) is 3.35. The molecule has 0 aromatic rings. The molecule has 2 unspecified atom stereocenters. The number of rotatable bonds is 2. The van der Waals surface area contributed by atoms with E-state index in [-0.39, 0.29) is 6.10 Å². The summed E-state index contributed by atoms with van der Waals surface area (Å²) in [6, 6.07) is 0. The van der Waals surface area contributed by atoms with E-state index in [4.69, 9.17) is 8.37 Å². The van der Waals surface area contributed by atoms with Crippen LogP contribution in [0.4, 0.5) is 0 Å². The van der Waals surface area contributed by atoms with Crippen molar-refractivity contribution < 1.29 is 12.6 Å². The molecule has 0 spiro atoms. The van der Waals surface area contributed by atoms with Gasteiger partial charge in [-0.3, -0.25) is 8.37 Å². The van der Waals surface area contributed by atoms with Gasteiger partial charge in [0.05, 0.1) is 6.61 Å². The topological polar surface area (TPSA) is 35.5 Å². The normalized spacial score (nSPS) is 36.6. The molecule has 13 heavy (non-hydrogen) atoms. The van der Waals surface area contributed by atoms with Crippen LogP contribution < -0.4 is 0 Å². The van der Waals surface area contributed by atoms with E-state index >= 15 is 0 Å². The lowest BCUT2D eigenvalue weighted by Gasteiger charge is -2.22. The lowest BCUT2D eigenvalue weighted by molar-refractivity contribution is 0.179. The highest BCUT2D eigenvalue weighted by atomic mass is 32.2. The third-order valence-corrected chi connectivity index (χ3v) is 3.64. The molecule has 0 amide bonds. The minimum absolute atomic E-state index is 0.0870. The van der Waals surface area contributed by atoms with Crippen LogP contribution in [-0.4, -0.2) is 16.9 Å². The van der Waals surface area contributed by atoms with E-state index < -0.39 is 11.4 Å². The predicted octanol–water partition coefficient (Wildman–Crippen LogP) is 1.95. The SMILES string of the molecule is O=S1OCC(CC2CCCCC2)O1. The second-order valence-corrected chi connectivity index (χ2v) is 4.78. The van der Waals surface area contributed by atoms with Crippen molar-refractivity contribution >= 4 is 11.4 Å². The van der Waals surface area contributed by atoms with Crippen molar-refractivity contribution in [1.29, 1.82) is 0 Å². The van der Waals surface area contributed by atoms with Gasteiger partial charge >= 0.3 is 11.4 Å². The van der Waals surface area contributed by atoms with Gasteiger partial charge in [-0.1, -0.05) is 32.1 Å². The zero-order valence-electron chi connectivity index (χ0n) is 7.74. The van der Waals surface area contributed by atoms with Crippen LogP contribution >= 0.6 is 0 Å². The molecule has 0 N–H and O–H groups in total. The van der Waals surface area contributed by atoms with Gasteiger partial charge in [-0.25, -0.2) is 0 Å². The summed E-state index contributed by atoms with van der Waals surface area (Å²) in [6.45, 7) is 0.517. The van der Waals surface area contributed by atoms with E-state index in [1.807, 2.05) is 0 Å². The number of hydrogen-bond acceptors (Lipinski definition) is 3. The van der Waals surface area contributed by atoms with E-state index in [1.54, 1.807) is 0 Å². The van der Waals surface area contributed by atoms with E-state index in [0.717, 1.165) is 12.3 Å². The molecule has 1 aliphatic carbocycles. The van der Waals surface area contributed by atoms with Crippen LogP contribution in [0, 0.1) is 5.92 Å². The quantitative estimate of drug-likeness (QED) is 0.689. The van der Waals surface area contributed by atoms with Crippen molar-refractivity contribution in [2.24, 2.45) is 5.92 Å². The second-order valence-electron chi connectivity index (χ2n) is 3.95. The molecule has 0 aromatic heterocycles. The fourth-order valence-electron chi connectivity index (χ4n) is 2.20. The molecular formula is C9H16O3S. The third-order valence-electron chi connectivity index (χ3n) is 2.89. The van der Waals surface area contributed by atoms with Gasteiger partial charge in [-0.15, -0.1) is 0 Å². The van der Waals surface area contributed by atoms with Crippen molar-refractivity contribution in [2.45, 2.75) is 44.6 Å². The van der Waals surface area contributed by atoms with Gasteiger partial charge in [0.15, 0.2) is 0 Å². The molecule has 0 bridgehead atoms. The van der Waals surface area contributed by atoms with Gasteiger partial charge in [0.25, 0.3) is 0 Å². The monoisotopic (exact) mass is 204 g/mol. The molecule has 1 saturated carbocycles. The van der Waals surface area contributed by atoms with Crippen LogP contribution in [0.2, 0.25) is 0 Å². The molecule has 1 aliphatic heterocycles. The summed E-state index contributed by atoms with van der Waals surface area (Å²) in [6.07, 6.45) is 7.82. The summed E-state index contributed by atoms with van der Waals surface area (Å²) in [7, 11) is 0. The Morgan fingerprint density at radius 2 is 2.00 bits per heavy atom. The van der Waals surface area contributed by atoms with Crippen LogP contribution in [-0.2, 0) is 19.7 Å². The molecule has 2 aliphatic rings. The summed E-state index contributed by atoms with van der Waals surface area (Å²) in [5.74, 6) is 0.775. The molecule has 2 fully saturated rings. The predicted molar refractivity (Wildman–Crippen MR) is 50.2 cm³/mol. The van der Waals surface area contributed by atoms with Crippen molar-refractivity contribution in [1.82, 2.24) is 0 Å². The van der Waals surface area contributed by atoms with Crippen molar-refractivity contribution in [3.8, 4) is 0 Å². The first kappa shape index (κ1) is 9.62. The largest absolute Gasteiger partial charge is 0.305 e. The Balaban J connectivity index is 1.73. The minimum atomic E-state index is -1.46. The summed E-state index contributed by atoms with van der Waals surface area (Å²) in [4.78, 5) is 0. The summed E-state index contributed by atoms with van der Waals surface area (Å²) >= 11 is -1.46. The molecule has 0 radical (unpaired) electrons. The molecule has 4 heteroatoms. The summed E-state index contributed by atoms with van der Waals surface area (Å²) in [5, 5.41) is 0. The molecule has 1 heterocycles. The Hall–Kier alpha value is 0.0700. The fourth-order valence-corrected chi connectivity index (χ4v) is 2.87. The maximum absolute atomic E-state index is 10.8. The maximum Gasteiger partial charge on any atom is 0.305 e. The van der Waals surface area contributed by atoms with Gasteiger partial charge in [-0.05, 0) is 12.3 Å². The molecule has 2 rings (SSSR count). The van der Waals surface area contributed by atoms with Crippen molar-refractivity contribution in [3.05, 3.63) is 0 Å². The number of hydrogen-bond donors (Lipinski definition) is 0. The van der Waals surface area contributed by atoms with E-state index in [1.165, 1.54) is 32.1 Å². The Morgan fingerprint density at radius 1 is 1.23 bits per heavy atom. The maximum atomic E-state index is 10.8. The molecule has 0 aromatic carbocycles. The van der Waals surface area contributed by atoms with E-state index in [9.17, 15) is 4.21 Å². The zero-order chi connectivity index (χ0) is 9.10. The molecule has 1 saturated heterocycles. The Bertz CT molecular complexity index is 189. The van der Waals surface area contributed by atoms with Crippen LogP contribution in [0.1, 0.15) is 38.5 Å².